The first kappa shape index (κ1) is 17.2. The highest BCUT2D eigenvalue weighted by molar-refractivity contribution is 6.37. The molecular weight excluding hydrogens is 361 g/mol. The summed E-state index contributed by atoms with van der Waals surface area (Å²) in [4.78, 5) is 13.0. The van der Waals surface area contributed by atoms with Gasteiger partial charge in [-0.15, -0.1) is 0 Å². The van der Waals surface area contributed by atoms with Crippen LogP contribution < -0.4 is 5.48 Å². The van der Waals surface area contributed by atoms with Gasteiger partial charge in [0.1, 0.15) is 23.3 Å². The summed E-state index contributed by atoms with van der Waals surface area (Å²) in [5.74, 6) is 0.776. The molecule has 5 nitrogen and oxygen atoms in total. The van der Waals surface area contributed by atoms with E-state index < -0.39 is 0 Å². The predicted octanol–water partition coefficient (Wildman–Crippen LogP) is 4.94. The van der Waals surface area contributed by atoms with E-state index in [-0.39, 0.29) is 5.60 Å². The molecule has 25 heavy (non-hydrogen) atoms. The van der Waals surface area contributed by atoms with Gasteiger partial charge in [0.2, 0.25) is 0 Å². The number of amidine groups is 1. The maximum Gasteiger partial charge on any atom is 0.137 e. The van der Waals surface area contributed by atoms with E-state index in [9.17, 15) is 0 Å². The predicted molar refractivity (Wildman–Crippen MR) is 101 cm³/mol. The van der Waals surface area contributed by atoms with E-state index >= 15 is 0 Å². The third-order valence-corrected chi connectivity index (χ3v) is 5.41. The van der Waals surface area contributed by atoms with E-state index in [4.69, 9.17) is 32.5 Å². The van der Waals surface area contributed by atoms with Crippen molar-refractivity contribution in [1.82, 2.24) is 10.4 Å². The molecule has 0 spiro atoms. The number of nitrogens with zero attached hydrogens (tertiary/aromatic N) is 2. The summed E-state index contributed by atoms with van der Waals surface area (Å²) >= 11 is 12.4. The minimum atomic E-state index is -0.277. The van der Waals surface area contributed by atoms with Crippen molar-refractivity contribution in [2.75, 3.05) is 19.6 Å². The van der Waals surface area contributed by atoms with Crippen LogP contribution in [0.5, 0.6) is 0 Å². The molecule has 0 aliphatic carbocycles. The highest BCUT2D eigenvalue weighted by Gasteiger charge is 2.36. The summed E-state index contributed by atoms with van der Waals surface area (Å²) in [6.07, 6.45) is 6.09. The van der Waals surface area contributed by atoms with Crippen molar-refractivity contribution in [3.63, 3.8) is 0 Å². The van der Waals surface area contributed by atoms with Gasteiger partial charge in [0, 0.05) is 24.4 Å². The molecule has 1 aromatic carbocycles. The Kier molecular flexibility index (Phi) is 4.67. The number of likely N-dealkylation sites (tertiary alicyclic amines) is 1. The molecule has 1 N–H and O–H groups in total. The molecule has 2 fully saturated rings. The number of hydroxylamine groups is 1. The first-order valence-corrected chi connectivity index (χ1v) is 9.38. The van der Waals surface area contributed by atoms with Crippen molar-refractivity contribution < 1.29 is 9.25 Å². The summed E-state index contributed by atoms with van der Waals surface area (Å²) in [6, 6.07) is 3.59. The van der Waals surface area contributed by atoms with Crippen molar-refractivity contribution >= 4 is 45.7 Å². The summed E-state index contributed by atoms with van der Waals surface area (Å²) in [6.45, 7) is 5.31. The molecule has 2 aliphatic rings. The molecule has 7 heteroatoms. The van der Waals surface area contributed by atoms with E-state index in [1.807, 2.05) is 0 Å². The Morgan fingerprint density at radius 3 is 2.80 bits per heavy atom. The summed E-state index contributed by atoms with van der Waals surface area (Å²) in [7, 11) is 0. The Morgan fingerprint density at radius 1 is 1.20 bits per heavy atom. The van der Waals surface area contributed by atoms with Crippen molar-refractivity contribution in [3.8, 4) is 0 Å². The van der Waals surface area contributed by atoms with Gasteiger partial charge in [-0.2, -0.15) is 0 Å². The maximum atomic E-state index is 6.35. The molecule has 134 valence electrons. The number of furan rings is 1. The third kappa shape index (κ3) is 3.65. The normalized spacial score (nSPS) is 26.4. The smallest absolute Gasteiger partial charge is 0.137 e. The molecule has 0 unspecified atom stereocenters. The Labute approximate surface area is 156 Å². The second-order valence-corrected chi connectivity index (χ2v) is 7.92. The van der Waals surface area contributed by atoms with Gasteiger partial charge in [-0.05, 0) is 38.9 Å². The zero-order valence-electron chi connectivity index (χ0n) is 14.1. The van der Waals surface area contributed by atoms with Crippen LogP contribution in [0.25, 0.3) is 11.0 Å². The number of rotatable bonds is 3. The average Bonchev–Trinajstić information content (AvgIpc) is 3.12. The van der Waals surface area contributed by atoms with Crippen LogP contribution in [0, 0.1) is 0 Å². The van der Waals surface area contributed by atoms with Crippen molar-refractivity contribution in [3.05, 3.63) is 28.4 Å². The standard InChI is InChI=1S/C18H21Cl2N3O2/c1-18(11-23-5-3-2-4-6-23)9-17(22-25-18)21-15-8-16-12(7-13(15)19)14(20)10-24-16/h7-8,10H,2-6,9,11H2,1H3,(H,21,22)/t18-/m0/s1. The molecule has 0 saturated carbocycles. The fraction of sp³-hybridized carbons (Fsp3) is 0.500. The quantitative estimate of drug-likeness (QED) is 0.817. The summed E-state index contributed by atoms with van der Waals surface area (Å²) in [5, 5.41) is 1.88. The second-order valence-electron chi connectivity index (χ2n) is 7.11. The maximum absolute atomic E-state index is 6.35. The zero-order valence-corrected chi connectivity index (χ0v) is 15.7. The number of piperidine rings is 1. The van der Waals surface area contributed by atoms with E-state index in [1.54, 1.807) is 12.1 Å². The monoisotopic (exact) mass is 381 g/mol. The van der Waals surface area contributed by atoms with Crippen molar-refractivity contribution in [2.24, 2.45) is 4.99 Å². The molecule has 2 saturated heterocycles. The fourth-order valence-corrected chi connectivity index (χ4v) is 3.98. The van der Waals surface area contributed by atoms with Crippen molar-refractivity contribution in [1.29, 1.82) is 0 Å². The lowest BCUT2D eigenvalue weighted by atomic mass is 10.0. The van der Waals surface area contributed by atoms with Gasteiger partial charge in [0.15, 0.2) is 0 Å². The fourth-order valence-electron chi connectivity index (χ4n) is 3.59. The minimum absolute atomic E-state index is 0.277. The van der Waals surface area contributed by atoms with E-state index in [0.29, 0.717) is 21.3 Å². The first-order valence-electron chi connectivity index (χ1n) is 8.63. The van der Waals surface area contributed by atoms with Crippen LogP contribution in [0.3, 0.4) is 0 Å². The third-order valence-electron chi connectivity index (χ3n) is 4.81. The highest BCUT2D eigenvalue weighted by atomic mass is 35.5. The number of fused-ring (bicyclic) bond motifs is 1. The number of nitrogens with one attached hydrogen (secondary N) is 1. The SMILES string of the molecule is C[C@@]1(CN2CCCCC2)CC(=Nc2cc3occ(Cl)c3cc2Cl)NO1. The van der Waals surface area contributed by atoms with Crippen LogP contribution in [0.4, 0.5) is 5.69 Å². The topological polar surface area (TPSA) is 50.0 Å². The second kappa shape index (κ2) is 6.80. The molecule has 1 atom stereocenters. The van der Waals surface area contributed by atoms with Gasteiger partial charge in [-0.1, -0.05) is 29.6 Å². The Hall–Kier alpha value is -1.27. The van der Waals surface area contributed by atoms with Crippen LogP contribution >= 0.6 is 23.2 Å². The molecule has 1 aromatic heterocycles. The van der Waals surface area contributed by atoms with Gasteiger partial charge in [0.25, 0.3) is 0 Å². The molecule has 3 heterocycles. The molecule has 2 aromatic rings. The van der Waals surface area contributed by atoms with Gasteiger partial charge in [-0.25, -0.2) is 4.99 Å². The summed E-state index contributed by atoms with van der Waals surface area (Å²) < 4.78 is 5.43. The van der Waals surface area contributed by atoms with Crippen LogP contribution in [-0.2, 0) is 4.84 Å². The molecule has 0 radical (unpaired) electrons. The number of hydrogen-bond donors (Lipinski definition) is 1. The largest absolute Gasteiger partial charge is 0.463 e. The average molecular weight is 382 g/mol. The minimum Gasteiger partial charge on any atom is -0.463 e. The van der Waals surface area contributed by atoms with E-state index in [2.05, 4.69) is 22.3 Å². The number of hydrogen-bond acceptors (Lipinski definition) is 4. The molecular formula is C18H21Cl2N3O2. The van der Waals surface area contributed by atoms with Gasteiger partial charge < -0.3 is 9.32 Å². The number of halogens is 2. The lowest BCUT2D eigenvalue weighted by Crippen LogP contribution is -2.43. The first-order chi connectivity index (χ1) is 12.0. The van der Waals surface area contributed by atoms with Gasteiger partial charge >= 0.3 is 0 Å². The number of aliphatic imine (C=N–C) groups is 1. The van der Waals surface area contributed by atoms with Crippen LogP contribution in [0.15, 0.2) is 27.8 Å². The summed E-state index contributed by atoms with van der Waals surface area (Å²) in [5.41, 5.74) is 4.01. The van der Waals surface area contributed by atoms with Gasteiger partial charge in [-0.3, -0.25) is 10.3 Å². The highest BCUT2D eigenvalue weighted by Crippen LogP contribution is 2.35. The molecule has 4 rings (SSSR count). The zero-order chi connectivity index (χ0) is 17.4. The number of benzene rings is 1. The molecule has 0 bridgehead atoms. The van der Waals surface area contributed by atoms with Crippen LogP contribution in [0.2, 0.25) is 10.0 Å². The Bertz CT molecular complexity index is 814. The van der Waals surface area contributed by atoms with E-state index in [0.717, 1.165) is 37.3 Å². The van der Waals surface area contributed by atoms with Crippen LogP contribution in [-0.4, -0.2) is 36.0 Å². The van der Waals surface area contributed by atoms with Crippen LogP contribution in [0.1, 0.15) is 32.6 Å². The van der Waals surface area contributed by atoms with Crippen molar-refractivity contribution in [2.45, 2.75) is 38.2 Å². The lowest BCUT2D eigenvalue weighted by molar-refractivity contribution is -0.0566. The molecule has 0 amide bonds. The lowest BCUT2D eigenvalue weighted by Gasteiger charge is -2.32. The van der Waals surface area contributed by atoms with Gasteiger partial charge in [0.05, 0.1) is 15.7 Å². The molecule has 2 aliphatic heterocycles. The Balaban J connectivity index is 1.51. The Morgan fingerprint density at radius 2 is 2.00 bits per heavy atom. The van der Waals surface area contributed by atoms with E-state index in [1.165, 1.54) is 25.5 Å².